The van der Waals surface area contributed by atoms with Crippen LogP contribution in [0.15, 0.2) is 18.2 Å². The van der Waals surface area contributed by atoms with E-state index < -0.39 is 0 Å². The van der Waals surface area contributed by atoms with Crippen LogP contribution in [0.25, 0.3) is 0 Å². The normalized spacial score (nSPS) is 25.1. The highest BCUT2D eigenvalue weighted by molar-refractivity contribution is 7.80. The highest BCUT2D eigenvalue weighted by Gasteiger charge is 2.45. The summed E-state index contributed by atoms with van der Waals surface area (Å²) in [5.41, 5.74) is 1.07. The average Bonchev–Trinajstić information content (AvgIpc) is 3.32. The lowest BCUT2D eigenvalue weighted by Crippen LogP contribution is -2.36. The number of carbonyl (C=O) groups is 1. The molecule has 6 heteroatoms. The van der Waals surface area contributed by atoms with Gasteiger partial charge in [-0.25, -0.2) is 0 Å². The molecule has 3 aliphatic rings. The summed E-state index contributed by atoms with van der Waals surface area (Å²) >= 11 is 5.38. The lowest BCUT2D eigenvalue weighted by molar-refractivity contribution is -0.128. The molecule has 1 amide bonds. The first kappa shape index (κ1) is 13.8. The zero-order valence-electron chi connectivity index (χ0n) is 12.4. The molecule has 2 fully saturated rings. The van der Waals surface area contributed by atoms with Crippen molar-refractivity contribution in [2.75, 3.05) is 13.2 Å². The van der Waals surface area contributed by atoms with E-state index in [2.05, 4.69) is 5.32 Å². The number of hydrogen-bond donors (Lipinski definition) is 1. The smallest absolute Gasteiger partial charge is 0.251 e. The van der Waals surface area contributed by atoms with Gasteiger partial charge in [0.15, 0.2) is 16.6 Å². The maximum Gasteiger partial charge on any atom is 0.251 e. The molecule has 22 heavy (non-hydrogen) atoms. The molecule has 1 aromatic carbocycles. The van der Waals surface area contributed by atoms with Crippen molar-refractivity contribution in [2.24, 2.45) is 5.92 Å². The predicted molar refractivity (Wildman–Crippen MR) is 84.9 cm³/mol. The first-order valence-corrected chi connectivity index (χ1v) is 8.09. The Morgan fingerprint density at radius 2 is 2.00 bits per heavy atom. The van der Waals surface area contributed by atoms with Gasteiger partial charge in [0.1, 0.15) is 19.3 Å². The molecule has 116 valence electrons. The quantitative estimate of drug-likeness (QED) is 0.864. The van der Waals surface area contributed by atoms with Crippen LogP contribution < -0.4 is 14.8 Å². The molecule has 1 saturated carbocycles. The Labute approximate surface area is 134 Å². The molecule has 4 rings (SSSR count). The van der Waals surface area contributed by atoms with E-state index in [0.29, 0.717) is 24.2 Å². The standard InChI is InChI=1S/C16H18N2O3S/c1-9-15(19)18(16(22)17-9)14(10-2-3-10)11-4-5-12-13(8-11)21-7-6-20-12/h4-5,8-10,14H,2-3,6-7H2,1H3,(H,17,22)/t9-,14+/m1/s1. The summed E-state index contributed by atoms with van der Waals surface area (Å²) in [6, 6.07) is 5.70. The minimum Gasteiger partial charge on any atom is -0.486 e. The number of benzene rings is 1. The minimum atomic E-state index is -0.244. The van der Waals surface area contributed by atoms with E-state index in [9.17, 15) is 4.79 Å². The van der Waals surface area contributed by atoms with Gasteiger partial charge in [-0.3, -0.25) is 9.69 Å². The highest BCUT2D eigenvalue weighted by atomic mass is 32.1. The minimum absolute atomic E-state index is 0.00623. The molecular formula is C16H18N2O3S. The molecule has 1 saturated heterocycles. The van der Waals surface area contributed by atoms with Crippen LogP contribution in [0.5, 0.6) is 11.5 Å². The third-order valence-electron chi connectivity index (χ3n) is 4.42. The number of thiocarbonyl (C=S) groups is 1. The number of nitrogens with zero attached hydrogens (tertiary/aromatic N) is 1. The number of fused-ring (bicyclic) bond motifs is 1. The SMILES string of the molecule is C[C@H]1NC(=S)N([C@H](c2ccc3c(c2)OCCO3)C2CC2)C1=O. The van der Waals surface area contributed by atoms with Gasteiger partial charge < -0.3 is 14.8 Å². The van der Waals surface area contributed by atoms with Gasteiger partial charge in [0.05, 0.1) is 6.04 Å². The van der Waals surface area contributed by atoms with E-state index in [-0.39, 0.29) is 18.0 Å². The number of carbonyl (C=O) groups excluding carboxylic acids is 1. The van der Waals surface area contributed by atoms with Crippen LogP contribution in [-0.2, 0) is 4.79 Å². The van der Waals surface area contributed by atoms with Crippen molar-refractivity contribution >= 4 is 23.2 Å². The van der Waals surface area contributed by atoms with Crippen molar-refractivity contribution in [1.82, 2.24) is 10.2 Å². The summed E-state index contributed by atoms with van der Waals surface area (Å²) in [5, 5.41) is 3.60. The van der Waals surface area contributed by atoms with Gasteiger partial charge in [0, 0.05) is 0 Å². The van der Waals surface area contributed by atoms with Gasteiger partial charge in [-0.15, -0.1) is 0 Å². The highest BCUT2D eigenvalue weighted by Crippen LogP contribution is 2.47. The predicted octanol–water partition coefficient (Wildman–Crippen LogP) is 2.01. The van der Waals surface area contributed by atoms with Crippen molar-refractivity contribution in [1.29, 1.82) is 0 Å². The second-order valence-electron chi connectivity index (χ2n) is 6.06. The van der Waals surface area contributed by atoms with Crippen LogP contribution in [0.1, 0.15) is 31.4 Å². The van der Waals surface area contributed by atoms with Crippen LogP contribution in [0, 0.1) is 5.92 Å². The second-order valence-corrected chi connectivity index (χ2v) is 6.45. The van der Waals surface area contributed by atoms with Crippen molar-refractivity contribution in [3.05, 3.63) is 23.8 Å². The molecule has 5 nitrogen and oxygen atoms in total. The maximum atomic E-state index is 12.5. The van der Waals surface area contributed by atoms with Crippen LogP contribution in [0.2, 0.25) is 0 Å². The molecule has 0 bridgehead atoms. The molecule has 1 N–H and O–H groups in total. The summed E-state index contributed by atoms with van der Waals surface area (Å²) < 4.78 is 11.3. The molecular weight excluding hydrogens is 300 g/mol. The third-order valence-corrected chi connectivity index (χ3v) is 4.74. The van der Waals surface area contributed by atoms with Crippen LogP contribution in [-0.4, -0.2) is 35.2 Å². The fourth-order valence-electron chi connectivity index (χ4n) is 3.18. The lowest BCUT2D eigenvalue weighted by Gasteiger charge is -2.28. The third kappa shape index (κ3) is 2.22. The number of nitrogens with one attached hydrogen (secondary N) is 1. The fourth-order valence-corrected chi connectivity index (χ4v) is 3.56. The summed E-state index contributed by atoms with van der Waals surface area (Å²) in [7, 11) is 0. The molecule has 0 spiro atoms. The maximum absolute atomic E-state index is 12.5. The first-order valence-electron chi connectivity index (χ1n) is 7.68. The Kier molecular flexibility index (Phi) is 3.22. The number of amides is 1. The largest absolute Gasteiger partial charge is 0.486 e. The van der Waals surface area contributed by atoms with Crippen LogP contribution in [0.3, 0.4) is 0 Å². The fraction of sp³-hybridized carbons (Fsp3) is 0.500. The Balaban J connectivity index is 1.71. The van der Waals surface area contributed by atoms with Crippen molar-refractivity contribution in [3.63, 3.8) is 0 Å². The summed E-state index contributed by atoms with van der Waals surface area (Å²) in [6.45, 7) is 2.99. The van der Waals surface area contributed by atoms with Crippen LogP contribution >= 0.6 is 12.2 Å². The van der Waals surface area contributed by atoms with Crippen molar-refractivity contribution in [2.45, 2.75) is 31.8 Å². The Morgan fingerprint density at radius 3 is 2.64 bits per heavy atom. The zero-order valence-corrected chi connectivity index (χ0v) is 13.2. The van der Waals surface area contributed by atoms with Gasteiger partial charge >= 0.3 is 0 Å². The molecule has 0 aromatic heterocycles. The van der Waals surface area contributed by atoms with E-state index in [1.165, 1.54) is 0 Å². The topological polar surface area (TPSA) is 50.8 Å². The Morgan fingerprint density at radius 1 is 1.27 bits per heavy atom. The van der Waals surface area contributed by atoms with E-state index in [1.54, 1.807) is 4.90 Å². The monoisotopic (exact) mass is 318 g/mol. The molecule has 2 aliphatic heterocycles. The Hall–Kier alpha value is -1.82. The molecule has 0 radical (unpaired) electrons. The van der Waals surface area contributed by atoms with Gasteiger partial charge in [-0.2, -0.15) is 0 Å². The van der Waals surface area contributed by atoms with Crippen molar-refractivity contribution in [3.8, 4) is 11.5 Å². The Bertz CT molecular complexity index is 644. The molecule has 0 unspecified atom stereocenters. The van der Waals surface area contributed by atoms with E-state index >= 15 is 0 Å². The molecule has 2 heterocycles. The van der Waals surface area contributed by atoms with E-state index in [1.807, 2.05) is 25.1 Å². The number of rotatable bonds is 3. The molecule has 1 aromatic rings. The summed E-state index contributed by atoms with van der Waals surface area (Å²) in [4.78, 5) is 14.2. The molecule has 1 aliphatic carbocycles. The van der Waals surface area contributed by atoms with Gasteiger partial charge in [0.25, 0.3) is 5.91 Å². The van der Waals surface area contributed by atoms with Crippen LogP contribution in [0.4, 0.5) is 0 Å². The summed E-state index contributed by atoms with van der Waals surface area (Å²) in [5.74, 6) is 2.05. The summed E-state index contributed by atoms with van der Waals surface area (Å²) in [6.07, 6.45) is 2.25. The lowest BCUT2D eigenvalue weighted by atomic mass is 10.00. The molecule has 2 atom stereocenters. The first-order chi connectivity index (χ1) is 10.6. The number of ether oxygens (including phenoxy) is 2. The van der Waals surface area contributed by atoms with E-state index in [0.717, 1.165) is 29.9 Å². The number of hydrogen-bond acceptors (Lipinski definition) is 4. The van der Waals surface area contributed by atoms with Gasteiger partial charge in [0.2, 0.25) is 0 Å². The second kappa shape index (κ2) is 5.12. The average molecular weight is 318 g/mol. The van der Waals surface area contributed by atoms with Gasteiger partial charge in [-0.05, 0) is 55.6 Å². The van der Waals surface area contributed by atoms with Crippen molar-refractivity contribution < 1.29 is 14.3 Å². The zero-order chi connectivity index (χ0) is 15.3. The van der Waals surface area contributed by atoms with E-state index in [4.69, 9.17) is 21.7 Å². The van der Waals surface area contributed by atoms with Gasteiger partial charge in [-0.1, -0.05) is 6.07 Å².